The number of carbonyl (C=O) groups excluding carboxylic acids is 3. The van der Waals surface area contributed by atoms with Gasteiger partial charge in [0.05, 0.1) is 10.0 Å². The van der Waals surface area contributed by atoms with Crippen LogP contribution in [0.1, 0.15) is 23.7 Å². The number of benzene rings is 1. The molecule has 0 spiro atoms. The Morgan fingerprint density at radius 1 is 1.50 bits per heavy atom. The zero-order valence-electron chi connectivity index (χ0n) is 10.7. The first-order valence-electron chi connectivity index (χ1n) is 6.04. The van der Waals surface area contributed by atoms with Gasteiger partial charge in [0.15, 0.2) is 0 Å². The summed E-state index contributed by atoms with van der Waals surface area (Å²) >= 11 is 3.00. The van der Waals surface area contributed by atoms with Crippen LogP contribution in [0.5, 0.6) is 0 Å². The van der Waals surface area contributed by atoms with Gasteiger partial charge in [-0.3, -0.25) is 19.7 Å². The van der Waals surface area contributed by atoms with Crippen molar-refractivity contribution in [3.8, 4) is 0 Å². The van der Waals surface area contributed by atoms with Crippen LogP contribution >= 0.6 is 15.9 Å². The average molecular weight is 343 g/mol. The van der Waals surface area contributed by atoms with Crippen LogP contribution in [0, 0.1) is 5.82 Å². The summed E-state index contributed by atoms with van der Waals surface area (Å²) in [5, 5.41) is 2.17. The highest BCUT2D eigenvalue weighted by atomic mass is 79.9. The van der Waals surface area contributed by atoms with Gasteiger partial charge in [0.1, 0.15) is 18.4 Å². The molecule has 0 aromatic heterocycles. The van der Waals surface area contributed by atoms with Gasteiger partial charge in [-0.05, 0) is 34.5 Å². The second kappa shape index (κ2) is 5.70. The van der Waals surface area contributed by atoms with E-state index in [1.807, 2.05) is 0 Å². The zero-order chi connectivity index (χ0) is 14.9. The number of piperazine rings is 1. The Morgan fingerprint density at radius 2 is 2.20 bits per heavy atom. The molecule has 1 saturated heterocycles. The van der Waals surface area contributed by atoms with Crippen LogP contribution in [-0.2, 0) is 9.59 Å². The van der Waals surface area contributed by atoms with E-state index in [4.69, 9.17) is 0 Å². The highest BCUT2D eigenvalue weighted by Crippen LogP contribution is 2.22. The minimum atomic E-state index is -0.765. The summed E-state index contributed by atoms with van der Waals surface area (Å²) < 4.78 is 14.1. The van der Waals surface area contributed by atoms with Crippen LogP contribution in [0.25, 0.3) is 0 Å². The molecule has 7 heteroatoms. The second-order valence-electron chi connectivity index (χ2n) is 4.37. The summed E-state index contributed by atoms with van der Waals surface area (Å²) in [6, 6.07) is 3.55. The molecule has 1 unspecified atom stereocenters. The maximum absolute atomic E-state index is 14.0. The molecule has 1 fully saturated rings. The predicted molar refractivity (Wildman–Crippen MR) is 72.4 cm³/mol. The number of nitrogens with zero attached hydrogens (tertiary/aromatic N) is 1. The second-order valence-corrected chi connectivity index (χ2v) is 5.23. The Kier molecular flexibility index (Phi) is 4.17. The van der Waals surface area contributed by atoms with Gasteiger partial charge in [0, 0.05) is 0 Å². The Bertz CT molecular complexity index is 591. The summed E-state index contributed by atoms with van der Waals surface area (Å²) in [5.74, 6) is -2.47. The first-order valence-corrected chi connectivity index (χ1v) is 6.83. The van der Waals surface area contributed by atoms with Gasteiger partial charge < -0.3 is 4.90 Å². The molecule has 1 atom stereocenters. The molecule has 0 radical (unpaired) electrons. The monoisotopic (exact) mass is 342 g/mol. The quantitative estimate of drug-likeness (QED) is 0.827. The topological polar surface area (TPSA) is 66.5 Å². The lowest BCUT2D eigenvalue weighted by Crippen LogP contribution is -2.59. The largest absolute Gasteiger partial charge is 0.317 e. The summed E-state index contributed by atoms with van der Waals surface area (Å²) in [6.45, 7) is 1.46. The van der Waals surface area contributed by atoms with Crippen LogP contribution in [0.4, 0.5) is 4.39 Å². The Labute approximate surface area is 123 Å². The third-order valence-corrected chi connectivity index (χ3v) is 3.70. The molecule has 5 nitrogen and oxygen atoms in total. The number of halogens is 2. The van der Waals surface area contributed by atoms with E-state index >= 15 is 0 Å². The average Bonchev–Trinajstić information content (AvgIpc) is 2.40. The molecule has 1 aromatic rings. The van der Waals surface area contributed by atoms with Crippen molar-refractivity contribution in [1.82, 2.24) is 10.2 Å². The highest BCUT2D eigenvalue weighted by Gasteiger charge is 2.36. The number of hydrogen-bond donors (Lipinski definition) is 1. The highest BCUT2D eigenvalue weighted by molar-refractivity contribution is 9.10. The standard InChI is InChI=1S/C13H12BrFN2O3/c1-2-9-12(19)16-10(18)6-17(9)13(20)7-4-3-5-8(14)11(7)15/h3-5,9H,2,6H2,1H3,(H,16,18,19). The Hall–Kier alpha value is -1.76. The molecule has 1 aliphatic rings. The Balaban J connectivity index is 2.37. The van der Waals surface area contributed by atoms with Crippen LogP contribution in [0.15, 0.2) is 22.7 Å². The molecule has 0 aliphatic carbocycles. The normalized spacial score (nSPS) is 18.9. The maximum atomic E-state index is 14.0. The van der Waals surface area contributed by atoms with Crippen molar-refractivity contribution in [1.29, 1.82) is 0 Å². The minimum absolute atomic E-state index is 0.157. The van der Waals surface area contributed by atoms with Gasteiger partial charge in [0.25, 0.3) is 5.91 Å². The van der Waals surface area contributed by atoms with E-state index in [0.717, 1.165) is 4.90 Å². The summed E-state index contributed by atoms with van der Waals surface area (Å²) in [6.07, 6.45) is 0.348. The van der Waals surface area contributed by atoms with Crippen molar-refractivity contribution in [2.75, 3.05) is 6.54 Å². The number of hydrogen-bond acceptors (Lipinski definition) is 3. The third-order valence-electron chi connectivity index (χ3n) is 3.09. The lowest BCUT2D eigenvalue weighted by Gasteiger charge is -2.33. The third kappa shape index (κ3) is 2.58. The first kappa shape index (κ1) is 14.6. The number of amides is 3. The summed E-state index contributed by atoms with van der Waals surface area (Å²) in [4.78, 5) is 36.6. The van der Waals surface area contributed by atoms with Crippen molar-refractivity contribution in [3.63, 3.8) is 0 Å². The molecule has 1 heterocycles. The van der Waals surface area contributed by atoms with E-state index in [2.05, 4.69) is 21.2 Å². The van der Waals surface area contributed by atoms with Crippen molar-refractivity contribution >= 4 is 33.7 Å². The molecule has 20 heavy (non-hydrogen) atoms. The van der Waals surface area contributed by atoms with Gasteiger partial charge in [-0.2, -0.15) is 0 Å². The zero-order valence-corrected chi connectivity index (χ0v) is 12.2. The molecular formula is C13H12BrFN2O3. The van der Waals surface area contributed by atoms with Gasteiger partial charge in [-0.15, -0.1) is 0 Å². The SMILES string of the molecule is CCC1C(=O)NC(=O)CN1C(=O)c1cccc(Br)c1F. The van der Waals surface area contributed by atoms with Gasteiger partial charge in [-0.25, -0.2) is 4.39 Å². The molecule has 2 rings (SSSR count). The van der Waals surface area contributed by atoms with Crippen molar-refractivity contribution in [3.05, 3.63) is 34.1 Å². The van der Waals surface area contributed by atoms with E-state index < -0.39 is 29.6 Å². The van der Waals surface area contributed by atoms with E-state index in [1.54, 1.807) is 6.92 Å². The first-order chi connectivity index (χ1) is 9.45. The van der Waals surface area contributed by atoms with Gasteiger partial charge in [0.2, 0.25) is 11.8 Å². The number of rotatable bonds is 2. The van der Waals surface area contributed by atoms with Crippen LogP contribution in [0.2, 0.25) is 0 Å². The van der Waals surface area contributed by atoms with Crippen molar-refractivity contribution in [2.24, 2.45) is 0 Å². The summed E-state index contributed by atoms with van der Waals surface area (Å²) in [7, 11) is 0. The van der Waals surface area contributed by atoms with E-state index in [1.165, 1.54) is 18.2 Å². The maximum Gasteiger partial charge on any atom is 0.258 e. The van der Waals surface area contributed by atoms with Crippen molar-refractivity contribution in [2.45, 2.75) is 19.4 Å². The van der Waals surface area contributed by atoms with Crippen LogP contribution in [0.3, 0.4) is 0 Å². The van der Waals surface area contributed by atoms with Crippen LogP contribution < -0.4 is 5.32 Å². The lowest BCUT2D eigenvalue weighted by molar-refractivity contribution is -0.138. The number of nitrogens with one attached hydrogen (secondary N) is 1. The van der Waals surface area contributed by atoms with E-state index in [9.17, 15) is 18.8 Å². The molecule has 0 saturated carbocycles. The lowest BCUT2D eigenvalue weighted by atomic mass is 10.1. The Morgan fingerprint density at radius 3 is 2.85 bits per heavy atom. The van der Waals surface area contributed by atoms with Gasteiger partial charge in [-0.1, -0.05) is 13.0 Å². The fraction of sp³-hybridized carbons (Fsp3) is 0.308. The van der Waals surface area contributed by atoms with E-state index in [0.29, 0.717) is 6.42 Å². The molecular weight excluding hydrogens is 331 g/mol. The smallest absolute Gasteiger partial charge is 0.258 e. The minimum Gasteiger partial charge on any atom is -0.317 e. The predicted octanol–water partition coefficient (Wildman–Crippen LogP) is 1.47. The van der Waals surface area contributed by atoms with Crippen LogP contribution in [-0.4, -0.2) is 35.2 Å². The fourth-order valence-electron chi connectivity index (χ4n) is 2.11. The summed E-state index contributed by atoms with van der Waals surface area (Å²) in [5.41, 5.74) is -0.166. The molecule has 1 aromatic carbocycles. The molecule has 1 aliphatic heterocycles. The number of imide groups is 1. The van der Waals surface area contributed by atoms with E-state index in [-0.39, 0.29) is 16.6 Å². The molecule has 1 N–H and O–H groups in total. The van der Waals surface area contributed by atoms with Crippen molar-refractivity contribution < 1.29 is 18.8 Å². The van der Waals surface area contributed by atoms with Gasteiger partial charge >= 0.3 is 0 Å². The molecule has 0 bridgehead atoms. The number of carbonyl (C=O) groups is 3. The fourth-order valence-corrected chi connectivity index (χ4v) is 2.48. The molecule has 3 amide bonds. The molecule has 106 valence electrons.